The Labute approximate surface area is 254 Å². The Morgan fingerprint density at radius 1 is 1.13 bits per heavy atom. The Balaban J connectivity index is 1.07. The Hall–Kier alpha value is -4.37. The van der Waals surface area contributed by atoms with Gasteiger partial charge in [-0.05, 0) is 56.5 Å². The SMILES string of the molecule is C[C@H]1CC(Oc2ccnc(COc3ccc(C(F)(F)F)cc3F)n2)CCN1Cc1nc2ccc(C(=O)O)nc2n1C[C@@H]1CCO1. The number of pyridine rings is 1. The molecule has 0 spiro atoms. The van der Waals surface area contributed by atoms with E-state index < -0.39 is 23.5 Å². The van der Waals surface area contributed by atoms with Crippen LogP contribution in [0.2, 0.25) is 0 Å². The van der Waals surface area contributed by atoms with Crippen LogP contribution in [0.25, 0.3) is 11.2 Å². The van der Waals surface area contributed by atoms with Gasteiger partial charge in [0.2, 0.25) is 5.88 Å². The van der Waals surface area contributed by atoms with E-state index in [2.05, 4.69) is 26.8 Å². The van der Waals surface area contributed by atoms with Crippen molar-refractivity contribution < 1.29 is 41.7 Å². The third-order valence-electron chi connectivity index (χ3n) is 7.96. The molecule has 2 aliphatic rings. The fourth-order valence-corrected chi connectivity index (χ4v) is 5.44. The first kappa shape index (κ1) is 30.6. The van der Waals surface area contributed by atoms with Crippen LogP contribution in [0.1, 0.15) is 53.9 Å². The van der Waals surface area contributed by atoms with Crippen molar-refractivity contribution >= 4 is 17.1 Å². The van der Waals surface area contributed by atoms with Crippen molar-refractivity contribution in [2.24, 2.45) is 0 Å². The fourth-order valence-electron chi connectivity index (χ4n) is 5.44. The highest BCUT2D eigenvalue weighted by Crippen LogP contribution is 2.32. The van der Waals surface area contributed by atoms with E-state index in [1.807, 2.05) is 4.57 Å². The first-order valence-electron chi connectivity index (χ1n) is 14.5. The Morgan fingerprint density at radius 3 is 2.64 bits per heavy atom. The predicted octanol–water partition coefficient (Wildman–Crippen LogP) is 4.88. The predicted molar refractivity (Wildman–Crippen MR) is 150 cm³/mol. The lowest BCUT2D eigenvalue weighted by Crippen LogP contribution is -2.44. The van der Waals surface area contributed by atoms with E-state index in [9.17, 15) is 27.5 Å². The smallest absolute Gasteiger partial charge is 0.416 e. The molecule has 238 valence electrons. The van der Waals surface area contributed by atoms with Crippen LogP contribution in [0.15, 0.2) is 42.6 Å². The zero-order valence-corrected chi connectivity index (χ0v) is 24.2. The maximum Gasteiger partial charge on any atom is 0.416 e. The highest BCUT2D eigenvalue weighted by atomic mass is 19.4. The van der Waals surface area contributed by atoms with Gasteiger partial charge in [0.15, 0.2) is 28.7 Å². The van der Waals surface area contributed by atoms with Crippen LogP contribution >= 0.6 is 0 Å². The summed E-state index contributed by atoms with van der Waals surface area (Å²) in [6, 6.07) is 6.90. The number of halogens is 4. The normalized spacial score (nSPS) is 20.6. The average Bonchev–Trinajstić information content (AvgIpc) is 3.31. The summed E-state index contributed by atoms with van der Waals surface area (Å²) in [7, 11) is 0. The Bertz CT molecular complexity index is 1700. The molecule has 45 heavy (non-hydrogen) atoms. The van der Waals surface area contributed by atoms with Gasteiger partial charge < -0.3 is 23.9 Å². The van der Waals surface area contributed by atoms with Gasteiger partial charge in [0.05, 0.1) is 24.8 Å². The summed E-state index contributed by atoms with van der Waals surface area (Å²) in [4.78, 5) is 31.4. The third kappa shape index (κ3) is 6.99. The molecule has 2 saturated heterocycles. The van der Waals surface area contributed by atoms with Gasteiger partial charge in [0, 0.05) is 31.5 Å². The van der Waals surface area contributed by atoms with E-state index in [1.165, 1.54) is 12.3 Å². The number of likely N-dealkylation sites (tertiary alicyclic amines) is 1. The number of carboxylic acids is 1. The van der Waals surface area contributed by atoms with E-state index in [-0.39, 0.29) is 42.1 Å². The van der Waals surface area contributed by atoms with Gasteiger partial charge in [0.25, 0.3) is 0 Å². The summed E-state index contributed by atoms with van der Waals surface area (Å²) in [5.74, 6) is -1.29. The number of alkyl halides is 3. The molecule has 5 heterocycles. The van der Waals surface area contributed by atoms with Crippen LogP contribution in [0.3, 0.4) is 0 Å². The molecule has 0 bridgehead atoms. The number of hydrogen-bond acceptors (Lipinski definition) is 9. The maximum atomic E-state index is 14.1. The molecule has 4 aromatic rings. The maximum absolute atomic E-state index is 14.1. The van der Waals surface area contributed by atoms with Gasteiger partial charge in [-0.2, -0.15) is 18.2 Å². The summed E-state index contributed by atoms with van der Waals surface area (Å²) >= 11 is 0. The van der Waals surface area contributed by atoms with Crippen molar-refractivity contribution in [2.75, 3.05) is 13.2 Å². The molecule has 11 nitrogen and oxygen atoms in total. The van der Waals surface area contributed by atoms with Crippen molar-refractivity contribution in [1.82, 2.24) is 29.4 Å². The van der Waals surface area contributed by atoms with Crippen LogP contribution < -0.4 is 9.47 Å². The number of fused-ring (bicyclic) bond motifs is 1. The molecule has 1 aromatic carbocycles. The number of aromatic carboxylic acids is 1. The standard InChI is InChI=1S/C30H30F4N6O5/c1-17-12-19(45-27-6-9-35-25(38-27)16-44-24-5-2-18(13-21(24)31)30(32,33)34)7-10-39(17)15-26-36-22-3-4-23(29(41)42)37-28(22)40(26)14-20-8-11-43-20/h2-6,9,13,17,19-20H,7-8,10-12,14-16H2,1H3,(H,41,42)/t17-,19?,20-/m0/s1. The molecule has 2 aliphatic heterocycles. The molecule has 3 atom stereocenters. The summed E-state index contributed by atoms with van der Waals surface area (Å²) in [5, 5.41) is 9.44. The molecule has 0 aliphatic carbocycles. The second-order valence-electron chi connectivity index (χ2n) is 11.1. The van der Waals surface area contributed by atoms with Gasteiger partial charge in [-0.15, -0.1) is 0 Å². The summed E-state index contributed by atoms with van der Waals surface area (Å²) < 4.78 is 71.6. The molecular formula is C30H30F4N6O5. The van der Waals surface area contributed by atoms with Gasteiger partial charge in [0.1, 0.15) is 24.1 Å². The highest BCUT2D eigenvalue weighted by Gasteiger charge is 2.32. The minimum atomic E-state index is -4.66. The number of imidazole rings is 1. The second-order valence-corrected chi connectivity index (χ2v) is 11.1. The van der Waals surface area contributed by atoms with Crippen molar-refractivity contribution in [2.45, 2.75) is 70.3 Å². The van der Waals surface area contributed by atoms with Crippen molar-refractivity contribution in [3.63, 3.8) is 0 Å². The van der Waals surface area contributed by atoms with Gasteiger partial charge in [-0.3, -0.25) is 4.90 Å². The minimum absolute atomic E-state index is 0.0325. The minimum Gasteiger partial charge on any atom is -0.483 e. The van der Waals surface area contributed by atoms with Crippen molar-refractivity contribution in [3.8, 4) is 11.6 Å². The first-order chi connectivity index (χ1) is 21.5. The van der Waals surface area contributed by atoms with Crippen LogP contribution in [0.4, 0.5) is 17.6 Å². The van der Waals surface area contributed by atoms with E-state index >= 15 is 0 Å². The second kappa shape index (κ2) is 12.6. The van der Waals surface area contributed by atoms with E-state index in [0.717, 1.165) is 24.4 Å². The van der Waals surface area contributed by atoms with Crippen LogP contribution in [0.5, 0.6) is 11.6 Å². The zero-order valence-electron chi connectivity index (χ0n) is 24.2. The fraction of sp³-hybridized carbons (Fsp3) is 0.433. The molecule has 0 amide bonds. The number of piperidine rings is 1. The lowest BCUT2D eigenvalue weighted by atomic mass is 10.0. The Morgan fingerprint density at radius 2 is 1.96 bits per heavy atom. The van der Waals surface area contributed by atoms with Crippen LogP contribution in [-0.2, 0) is 30.6 Å². The summed E-state index contributed by atoms with van der Waals surface area (Å²) in [6.07, 6.45) is -0.985. The topological polar surface area (TPSA) is 125 Å². The number of aromatic nitrogens is 5. The lowest BCUT2D eigenvalue weighted by Gasteiger charge is -2.37. The number of carbonyl (C=O) groups is 1. The lowest BCUT2D eigenvalue weighted by molar-refractivity contribution is -0.137. The van der Waals surface area contributed by atoms with Crippen LogP contribution in [0, 0.1) is 5.82 Å². The molecule has 2 fully saturated rings. The number of benzene rings is 1. The number of hydrogen-bond donors (Lipinski definition) is 1. The van der Waals surface area contributed by atoms with Gasteiger partial charge in [-0.25, -0.2) is 24.1 Å². The quantitative estimate of drug-likeness (QED) is 0.243. The summed E-state index contributed by atoms with van der Waals surface area (Å²) in [6.45, 7) is 4.32. The van der Waals surface area contributed by atoms with Crippen molar-refractivity contribution in [1.29, 1.82) is 0 Å². The van der Waals surface area contributed by atoms with Crippen molar-refractivity contribution in [3.05, 3.63) is 71.3 Å². The van der Waals surface area contributed by atoms with E-state index in [0.29, 0.717) is 62.2 Å². The van der Waals surface area contributed by atoms with E-state index in [4.69, 9.17) is 19.2 Å². The average molecular weight is 631 g/mol. The summed E-state index contributed by atoms with van der Waals surface area (Å²) in [5.41, 5.74) is 0.00969. The molecular weight excluding hydrogens is 600 g/mol. The molecule has 0 radical (unpaired) electrons. The molecule has 1 unspecified atom stereocenters. The first-order valence-corrected chi connectivity index (χ1v) is 14.5. The number of carboxylic acid groups (broad SMARTS) is 1. The third-order valence-corrected chi connectivity index (χ3v) is 7.96. The Kier molecular flexibility index (Phi) is 8.55. The largest absolute Gasteiger partial charge is 0.483 e. The molecule has 6 rings (SSSR count). The molecule has 1 N–H and O–H groups in total. The van der Waals surface area contributed by atoms with E-state index in [1.54, 1.807) is 12.1 Å². The number of rotatable bonds is 10. The molecule has 0 saturated carbocycles. The highest BCUT2D eigenvalue weighted by molar-refractivity contribution is 5.88. The number of nitrogens with zero attached hydrogens (tertiary/aromatic N) is 6. The molecule has 3 aromatic heterocycles. The monoisotopic (exact) mass is 630 g/mol. The van der Waals surface area contributed by atoms with Crippen LogP contribution in [-0.4, -0.2) is 71.9 Å². The number of ether oxygens (including phenoxy) is 3. The van der Waals surface area contributed by atoms with Gasteiger partial charge >= 0.3 is 12.1 Å². The van der Waals surface area contributed by atoms with Gasteiger partial charge in [-0.1, -0.05) is 0 Å². The zero-order chi connectivity index (χ0) is 31.7. The molecule has 15 heteroatoms.